The van der Waals surface area contributed by atoms with E-state index in [2.05, 4.69) is 24.1 Å². The van der Waals surface area contributed by atoms with Gasteiger partial charge in [0.15, 0.2) is 0 Å². The molecule has 2 atom stereocenters. The molecule has 2 unspecified atom stereocenters. The third kappa shape index (κ3) is 2.96. The Hall–Kier alpha value is -1.13. The molecule has 0 amide bonds. The van der Waals surface area contributed by atoms with Crippen molar-refractivity contribution < 1.29 is 9.47 Å². The molecule has 1 N–H and O–H groups in total. The fourth-order valence-electron chi connectivity index (χ4n) is 2.68. The van der Waals surface area contributed by atoms with Crippen LogP contribution in [0, 0.1) is 0 Å². The molecule has 1 fully saturated rings. The van der Waals surface area contributed by atoms with E-state index in [0.29, 0.717) is 22.9 Å². The van der Waals surface area contributed by atoms with Crippen molar-refractivity contribution in [1.82, 2.24) is 5.32 Å². The first-order valence-corrected chi connectivity index (χ1v) is 7.40. The highest BCUT2D eigenvalue weighted by atomic mass is 35.5. The lowest BCUT2D eigenvalue weighted by Gasteiger charge is -2.41. The number of piperazine rings is 1. The summed E-state index contributed by atoms with van der Waals surface area (Å²) in [5, 5.41) is 4.09. The van der Waals surface area contributed by atoms with Gasteiger partial charge in [-0.1, -0.05) is 18.5 Å². The van der Waals surface area contributed by atoms with Crippen molar-refractivity contribution in [1.29, 1.82) is 0 Å². The minimum Gasteiger partial charge on any atom is -0.495 e. The number of anilines is 1. The van der Waals surface area contributed by atoms with E-state index < -0.39 is 0 Å². The van der Waals surface area contributed by atoms with Crippen molar-refractivity contribution in [2.75, 3.05) is 32.2 Å². The molecule has 0 radical (unpaired) electrons. The number of benzene rings is 1. The van der Waals surface area contributed by atoms with Gasteiger partial charge in [-0.25, -0.2) is 0 Å². The highest BCUT2D eigenvalue weighted by Crippen LogP contribution is 2.39. The van der Waals surface area contributed by atoms with Crippen LogP contribution in [-0.4, -0.2) is 39.4 Å². The van der Waals surface area contributed by atoms with E-state index in [-0.39, 0.29) is 0 Å². The van der Waals surface area contributed by atoms with Crippen LogP contribution in [0.4, 0.5) is 5.69 Å². The van der Waals surface area contributed by atoms with Crippen LogP contribution in [0.5, 0.6) is 11.5 Å². The Morgan fingerprint density at radius 1 is 1.30 bits per heavy atom. The van der Waals surface area contributed by atoms with Gasteiger partial charge < -0.3 is 19.7 Å². The van der Waals surface area contributed by atoms with Gasteiger partial charge in [0.1, 0.15) is 11.5 Å². The molecule has 1 aromatic carbocycles. The minimum atomic E-state index is 0.448. The monoisotopic (exact) mass is 298 g/mol. The van der Waals surface area contributed by atoms with E-state index >= 15 is 0 Å². The number of halogens is 1. The first kappa shape index (κ1) is 15.3. The summed E-state index contributed by atoms with van der Waals surface area (Å²) in [6.45, 7) is 6.32. The molecule has 5 heteroatoms. The first-order chi connectivity index (χ1) is 9.60. The van der Waals surface area contributed by atoms with E-state index in [1.54, 1.807) is 14.2 Å². The van der Waals surface area contributed by atoms with Gasteiger partial charge in [-0.3, -0.25) is 0 Å². The van der Waals surface area contributed by atoms with Crippen LogP contribution in [0.1, 0.15) is 20.3 Å². The Morgan fingerprint density at radius 3 is 2.60 bits per heavy atom. The second kappa shape index (κ2) is 6.55. The van der Waals surface area contributed by atoms with Crippen LogP contribution in [0.2, 0.25) is 5.02 Å². The second-order valence-corrected chi connectivity index (χ2v) is 5.59. The summed E-state index contributed by atoms with van der Waals surface area (Å²) < 4.78 is 10.8. The Morgan fingerprint density at radius 2 is 2.00 bits per heavy atom. The molecule has 0 spiro atoms. The average Bonchev–Trinajstić information content (AvgIpc) is 2.46. The lowest BCUT2D eigenvalue weighted by atomic mass is 10.1. The molecule has 0 saturated carbocycles. The van der Waals surface area contributed by atoms with Crippen molar-refractivity contribution in [3.8, 4) is 11.5 Å². The maximum atomic E-state index is 6.18. The van der Waals surface area contributed by atoms with Gasteiger partial charge in [-0.2, -0.15) is 0 Å². The number of methoxy groups -OCH3 is 2. The largest absolute Gasteiger partial charge is 0.495 e. The summed E-state index contributed by atoms with van der Waals surface area (Å²) in [6.07, 6.45) is 1.08. The van der Waals surface area contributed by atoms with Gasteiger partial charge in [0.05, 0.1) is 24.9 Å². The van der Waals surface area contributed by atoms with E-state index in [1.165, 1.54) is 0 Å². The first-order valence-electron chi connectivity index (χ1n) is 7.02. The number of hydrogen-bond acceptors (Lipinski definition) is 4. The van der Waals surface area contributed by atoms with Gasteiger partial charge in [0.2, 0.25) is 0 Å². The number of nitrogens with zero attached hydrogens (tertiary/aromatic N) is 1. The molecule has 0 aromatic heterocycles. The number of nitrogens with one attached hydrogen (secondary N) is 1. The molecule has 20 heavy (non-hydrogen) atoms. The van der Waals surface area contributed by atoms with Gasteiger partial charge >= 0.3 is 0 Å². The van der Waals surface area contributed by atoms with Crippen LogP contribution < -0.4 is 19.7 Å². The molecule has 1 aromatic rings. The van der Waals surface area contributed by atoms with Crippen LogP contribution >= 0.6 is 11.6 Å². The third-order valence-electron chi connectivity index (χ3n) is 3.85. The lowest BCUT2D eigenvalue weighted by molar-refractivity contribution is 0.381. The van der Waals surface area contributed by atoms with Crippen molar-refractivity contribution >= 4 is 17.3 Å². The Balaban J connectivity index is 2.42. The average molecular weight is 299 g/mol. The van der Waals surface area contributed by atoms with Crippen molar-refractivity contribution in [2.45, 2.75) is 32.4 Å². The fraction of sp³-hybridized carbons (Fsp3) is 0.600. The van der Waals surface area contributed by atoms with Crippen molar-refractivity contribution in [3.05, 3.63) is 17.2 Å². The topological polar surface area (TPSA) is 33.7 Å². The quantitative estimate of drug-likeness (QED) is 0.927. The summed E-state index contributed by atoms with van der Waals surface area (Å²) >= 11 is 6.18. The minimum absolute atomic E-state index is 0.448. The zero-order valence-corrected chi connectivity index (χ0v) is 13.3. The lowest BCUT2D eigenvalue weighted by Crippen LogP contribution is -2.55. The predicted octanol–water partition coefficient (Wildman–Crippen LogP) is 2.93. The summed E-state index contributed by atoms with van der Waals surface area (Å²) in [4.78, 5) is 2.39. The number of rotatable bonds is 4. The Kier molecular flexibility index (Phi) is 5.00. The molecule has 1 aliphatic rings. The maximum Gasteiger partial charge on any atom is 0.143 e. The third-order valence-corrected chi connectivity index (χ3v) is 4.14. The molecule has 4 nitrogen and oxygen atoms in total. The Bertz CT molecular complexity index is 467. The predicted molar refractivity (Wildman–Crippen MR) is 83.4 cm³/mol. The highest BCUT2D eigenvalue weighted by molar-refractivity contribution is 6.32. The van der Waals surface area contributed by atoms with Gasteiger partial charge in [0.25, 0.3) is 0 Å². The van der Waals surface area contributed by atoms with Gasteiger partial charge in [0, 0.05) is 37.3 Å². The number of ether oxygens (including phenoxy) is 2. The zero-order valence-electron chi connectivity index (χ0n) is 12.6. The zero-order chi connectivity index (χ0) is 14.7. The summed E-state index contributed by atoms with van der Waals surface area (Å²) in [5.74, 6) is 1.48. The molecular weight excluding hydrogens is 276 g/mol. The van der Waals surface area contributed by atoms with Crippen LogP contribution in [0.25, 0.3) is 0 Å². The van der Waals surface area contributed by atoms with Crippen molar-refractivity contribution in [3.63, 3.8) is 0 Å². The molecule has 1 aliphatic heterocycles. The van der Waals surface area contributed by atoms with Crippen LogP contribution in [0.15, 0.2) is 12.1 Å². The molecule has 1 saturated heterocycles. The molecule has 2 rings (SSSR count). The van der Waals surface area contributed by atoms with Crippen molar-refractivity contribution in [2.24, 2.45) is 0 Å². The second-order valence-electron chi connectivity index (χ2n) is 5.18. The summed E-state index contributed by atoms with van der Waals surface area (Å²) in [7, 11) is 3.31. The molecule has 112 valence electrons. The fourth-order valence-corrected chi connectivity index (χ4v) is 2.92. The van der Waals surface area contributed by atoms with E-state index in [0.717, 1.165) is 30.9 Å². The van der Waals surface area contributed by atoms with E-state index in [9.17, 15) is 0 Å². The molecule has 1 heterocycles. The summed E-state index contributed by atoms with van der Waals surface area (Å²) in [5.41, 5.74) is 1.05. The van der Waals surface area contributed by atoms with Crippen LogP contribution in [-0.2, 0) is 0 Å². The van der Waals surface area contributed by atoms with E-state index in [4.69, 9.17) is 21.1 Å². The molecular formula is C15H23ClN2O2. The number of hydrogen-bond donors (Lipinski definition) is 1. The Labute approximate surface area is 126 Å². The normalized spacial score (nSPS) is 22.8. The van der Waals surface area contributed by atoms with Gasteiger partial charge in [-0.15, -0.1) is 0 Å². The molecule has 0 bridgehead atoms. The maximum absolute atomic E-state index is 6.18. The van der Waals surface area contributed by atoms with E-state index in [1.807, 2.05) is 12.1 Å². The van der Waals surface area contributed by atoms with Gasteiger partial charge in [-0.05, 0) is 13.3 Å². The molecule has 0 aliphatic carbocycles. The SMILES string of the molecule is CCC1CNC(C)CN1c1cc(OC)c(Cl)cc1OC. The highest BCUT2D eigenvalue weighted by Gasteiger charge is 2.27. The smallest absolute Gasteiger partial charge is 0.143 e. The summed E-state index contributed by atoms with van der Waals surface area (Å²) in [6, 6.07) is 4.70. The van der Waals surface area contributed by atoms with Crippen LogP contribution in [0.3, 0.4) is 0 Å². The standard InChI is InChI=1S/C15H23ClN2O2/c1-5-11-8-17-10(2)9-18(11)13-7-14(19-3)12(16)6-15(13)20-4/h6-7,10-11,17H,5,8-9H2,1-4H3.